The van der Waals surface area contributed by atoms with Gasteiger partial charge in [-0.15, -0.1) is 0 Å². The third-order valence-corrected chi connectivity index (χ3v) is 5.13. The van der Waals surface area contributed by atoms with E-state index >= 15 is 0 Å². The quantitative estimate of drug-likeness (QED) is 0.799. The molecule has 5 heteroatoms. The van der Waals surface area contributed by atoms with Gasteiger partial charge in [0.1, 0.15) is 0 Å². The molecule has 110 valence electrons. The Hall–Kier alpha value is -1.20. The molecule has 0 radical (unpaired) electrons. The minimum atomic E-state index is -0.152. The molecule has 1 fully saturated rings. The van der Waals surface area contributed by atoms with E-state index in [0.717, 1.165) is 17.7 Å². The van der Waals surface area contributed by atoms with E-state index in [1.54, 1.807) is 0 Å². The lowest BCUT2D eigenvalue weighted by Gasteiger charge is -2.23. The Labute approximate surface area is 124 Å². The Kier molecular flexibility index (Phi) is 4.94. The first-order valence-electron chi connectivity index (χ1n) is 7.03. The molecular weight excluding hydrogens is 270 g/mol. The van der Waals surface area contributed by atoms with Crippen LogP contribution in [0.15, 0.2) is 24.3 Å². The van der Waals surface area contributed by atoms with Crippen LogP contribution in [0.4, 0.5) is 10.5 Å². The number of nitrogens with two attached hydrogens (primary N) is 1. The lowest BCUT2D eigenvalue weighted by atomic mass is 10.1. The molecule has 0 bridgehead atoms. The fourth-order valence-corrected chi connectivity index (χ4v) is 3.56. The molecule has 20 heavy (non-hydrogen) atoms. The standard InChI is InChI=1S/C15H23N3OS/c1-11(16)12-5-3-6-13(9-12)18-14(19)17-10-15(2)7-4-8-20-15/h3,5-6,9,11H,4,7-8,10,16H2,1-2H3,(H2,17,18,19). The molecule has 2 atom stereocenters. The van der Waals surface area contributed by atoms with Crippen LogP contribution in [0.3, 0.4) is 0 Å². The first-order valence-corrected chi connectivity index (χ1v) is 8.01. The summed E-state index contributed by atoms with van der Waals surface area (Å²) in [5.74, 6) is 1.19. The van der Waals surface area contributed by atoms with Gasteiger partial charge < -0.3 is 16.4 Å². The second kappa shape index (κ2) is 6.50. The minimum absolute atomic E-state index is 0.0337. The molecule has 2 rings (SSSR count). The van der Waals surface area contributed by atoms with Crippen LogP contribution in [0.2, 0.25) is 0 Å². The summed E-state index contributed by atoms with van der Waals surface area (Å²) in [6, 6.07) is 7.47. The molecule has 0 spiro atoms. The summed E-state index contributed by atoms with van der Waals surface area (Å²) in [6.07, 6.45) is 2.40. The lowest BCUT2D eigenvalue weighted by Crippen LogP contribution is -2.39. The van der Waals surface area contributed by atoms with Crippen molar-refractivity contribution in [2.75, 3.05) is 17.6 Å². The summed E-state index contributed by atoms with van der Waals surface area (Å²) >= 11 is 1.94. The predicted octanol–water partition coefficient (Wildman–Crippen LogP) is 3.11. The topological polar surface area (TPSA) is 67.1 Å². The zero-order chi connectivity index (χ0) is 14.6. The number of benzene rings is 1. The number of amides is 2. The average Bonchev–Trinajstić information content (AvgIpc) is 2.84. The van der Waals surface area contributed by atoms with Crippen LogP contribution in [0, 0.1) is 0 Å². The van der Waals surface area contributed by atoms with Crippen molar-refractivity contribution >= 4 is 23.5 Å². The van der Waals surface area contributed by atoms with Crippen molar-refractivity contribution in [3.63, 3.8) is 0 Å². The van der Waals surface area contributed by atoms with Crippen molar-refractivity contribution < 1.29 is 4.79 Å². The van der Waals surface area contributed by atoms with Crippen LogP contribution in [0.5, 0.6) is 0 Å². The van der Waals surface area contributed by atoms with E-state index in [-0.39, 0.29) is 16.8 Å². The SMILES string of the molecule is CC(N)c1cccc(NC(=O)NCC2(C)CCCS2)c1. The number of rotatable bonds is 4. The van der Waals surface area contributed by atoms with Gasteiger partial charge in [0.15, 0.2) is 0 Å². The van der Waals surface area contributed by atoms with Crippen molar-refractivity contribution in [2.45, 2.75) is 37.5 Å². The van der Waals surface area contributed by atoms with Crippen LogP contribution < -0.4 is 16.4 Å². The van der Waals surface area contributed by atoms with Crippen LogP contribution in [-0.2, 0) is 0 Å². The fraction of sp³-hybridized carbons (Fsp3) is 0.533. The molecule has 1 saturated heterocycles. The zero-order valence-electron chi connectivity index (χ0n) is 12.1. The number of urea groups is 1. The predicted molar refractivity (Wildman–Crippen MR) is 86.2 cm³/mol. The molecule has 1 aliphatic heterocycles. The molecular formula is C15H23N3OS. The molecule has 2 amide bonds. The minimum Gasteiger partial charge on any atom is -0.336 e. The first-order chi connectivity index (χ1) is 9.48. The van der Waals surface area contributed by atoms with Gasteiger partial charge in [0.25, 0.3) is 0 Å². The van der Waals surface area contributed by atoms with Gasteiger partial charge in [-0.1, -0.05) is 12.1 Å². The number of carbonyl (C=O) groups is 1. The van der Waals surface area contributed by atoms with Gasteiger partial charge in [-0.2, -0.15) is 11.8 Å². The van der Waals surface area contributed by atoms with Crippen LogP contribution in [-0.4, -0.2) is 23.1 Å². The number of hydrogen-bond donors (Lipinski definition) is 3. The average molecular weight is 293 g/mol. The van der Waals surface area contributed by atoms with Gasteiger partial charge in [0.05, 0.1) is 0 Å². The number of carbonyl (C=O) groups excluding carboxylic acids is 1. The molecule has 0 aliphatic carbocycles. The maximum absolute atomic E-state index is 11.9. The molecule has 1 aromatic carbocycles. The number of anilines is 1. The second-order valence-electron chi connectivity index (χ2n) is 5.62. The Morgan fingerprint density at radius 2 is 2.35 bits per heavy atom. The first kappa shape index (κ1) is 15.2. The van der Waals surface area contributed by atoms with Crippen LogP contribution in [0.1, 0.15) is 38.3 Å². The van der Waals surface area contributed by atoms with Crippen molar-refractivity contribution in [3.8, 4) is 0 Å². The van der Waals surface area contributed by atoms with E-state index < -0.39 is 0 Å². The summed E-state index contributed by atoms with van der Waals surface area (Å²) in [7, 11) is 0. The zero-order valence-corrected chi connectivity index (χ0v) is 12.9. The number of thioether (sulfide) groups is 1. The molecule has 2 unspecified atom stereocenters. The van der Waals surface area contributed by atoms with Gasteiger partial charge in [-0.25, -0.2) is 4.79 Å². The van der Waals surface area contributed by atoms with E-state index in [0.29, 0.717) is 6.54 Å². The van der Waals surface area contributed by atoms with Gasteiger partial charge in [-0.3, -0.25) is 0 Å². The largest absolute Gasteiger partial charge is 0.336 e. The second-order valence-corrected chi connectivity index (χ2v) is 7.31. The molecule has 0 aromatic heterocycles. The van der Waals surface area contributed by atoms with E-state index in [1.165, 1.54) is 12.2 Å². The van der Waals surface area contributed by atoms with Crippen LogP contribution in [0.25, 0.3) is 0 Å². The molecule has 1 heterocycles. The highest BCUT2D eigenvalue weighted by Gasteiger charge is 2.29. The maximum Gasteiger partial charge on any atom is 0.319 e. The van der Waals surface area contributed by atoms with Gasteiger partial charge in [0.2, 0.25) is 0 Å². The third kappa shape index (κ3) is 4.15. The summed E-state index contributed by atoms with van der Waals surface area (Å²) in [6.45, 7) is 4.84. The summed E-state index contributed by atoms with van der Waals surface area (Å²) < 4.78 is 0.185. The van der Waals surface area contributed by atoms with Crippen LogP contribution >= 0.6 is 11.8 Å². The van der Waals surface area contributed by atoms with Crippen molar-refractivity contribution in [1.29, 1.82) is 0 Å². The van der Waals surface area contributed by atoms with Crippen molar-refractivity contribution in [1.82, 2.24) is 5.32 Å². The molecule has 4 N–H and O–H groups in total. The monoisotopic (exact) mass is 293 g/mol. The molecule has 1 aromatic rings. The van der Waals surface area contributed by atoms with Gasteiger partial charge in [0, 0.05) is 23.0 Å². The highest BCUT2D eigenvalue weighted by molar-refractivity contribution is 8.00. The van der Waals surface area contributed by atoms with Crippen molar-refractivity contribution in [2.24, 2.45) is 5.73 Å². The molecule has 1 aliphatic rings. The molecule has 4 nitrogen and oxygen atoms in total. The highest BCUT2D eigenvalue weighted by atomic mass is 32.2. The summed E-state index contributed by atoms with van der Waals surface area (Å²) in [4.78, 5) is 11.9. The fourth-order valence-electron chi connectivity index (χ4n) is 2.32. The number of hydrogen-bond acceptors (Lipinski definition) is 3. The third-order valence-electron chi connectivity index (χ3n) is 3.59. The molecule has 0 saturated carbocycles. The van der Waals surface area contributed by atoms with E-state index in [2.05, 4.69) is 17.6 Å². The van der Waals surface area contributed by atoms with E-state index in [1.807, 2.05) is 43.0 Å². The Bertz CT molecular complexity index is 470. The number of nitrogens with one attached hydrogen (secondary N) is 2. The van der Waals surface area contributed by atoms with Crippen molar-refractivity contribution in [3.05, 3.63) is 29.8 Å². The van der Waals surface area contributed by atoms with E-state index in [4.69, 9.17) is 5.73 Å². The normalized spacial score (nSPS) is 23.4. The Morgan fingerprint density at radius 3 is 3.00 bits per heavy atom. The highest BCUT2D eigenvalue weighted by Crippen LogP contribution is 2.36. The van der Waals surface area contributed by atoms with E-state index in [9.17, 15) is 4.79 Å². The maximum atomic E-state index is 11.9. The summed E-state index contributed by atoms with van der Waals surface area (Å²) in [5, 5.41) is 5.82. The van der Waals surface area contributed by atoms with Gasteiger partial charge >= 0.3 is 6.03 Å². The summed E-state index contributed by atoms with van der Waals surface area (Å²) in [5.41, 5.74) is 7.64. The lowest BCUT2D eigenvalue weighted by molar-refractivity contribution is 0.251. The van der Waals surface area contributed by atoms with Gasteiger partial charge in [-0.05, 0) is 50.1 Å². The Balaban J connectivity index is 1.86. The Morgan fingerprint density at radius 1 is 1.55 bits per heavy atom. The smallest absolute Gasteiger partial charge is 0.319 e.